The van der Waals surface area contributed by atoms with Crippen LogP contribution in [0.4, 0.5) is 17.1 Å². The maximum atomic E-state index is 8.87. The number of hydrogen-bond donors (Lipinski definition) is 2. The van der Waals surface area contributed by atoms with Crippen molar-refractivity contribution in [3.05, 3.63) is 59.2 Å². The normalized spacial score (nSPS) is 10.3. The van der Waals surface area contributed by atoms with Gasteiger partial charge in [0, 0.05) is 5.39 Å². The molecule has 0 saturated heterocycles. The molecule has 0 atom stereocenters. The third-order valence-electron chi connectivity index (χ3n) is 3.16. The Balaban J connectivity index is 2.10. The number of rotatable bonds is 2. The van der Waals surface area contributed by atoms with E-state index in [1.165, 1.54) is 0 Å². The summed E-state index contributed by atoms with van der Waals surface area (Å²) in [5.74, 6) is 0. The van der Waals surface area contributed by atoms with Gasteiger partial charge in [0.1, 0.15) is 0 Å². The number of pyridine rings is 1. The van der Waals surface area contributed by atoms with E-state index in [2.05, 4.69) is 16.4 Å². The summed E-state index contributed by atoms with van der Waals surface area (Å²) < 4.78 is 0. The number of nitrogens with two attached hydrogens (primary N) is 1. The number of halogens is 1. The minimum atomic E-state index is 0.467. The van der Waals surface area contributed by atoms with Crippen molar-refractivity contribution in [3.63, 3.8) is 0 Å². The molecule has 0 aliphatic heterocycles. The van der Waals surface area contributed by atoms with Crippen molar-refractivity contribution in [2.75, 3.05) is 11.1 Å². The lowest BCUT2D eigenvalue weighted by atomic mass is 10.1. The van der Waals surface area contributed by atoms with Gasteiger partial charge in [0.25, 0.3) is 0 Å². The Labute approximate surface area is 126 Å². The summed E-state index contributed by atoms with van der Waals surface area (Å²) in [6.45, 7) is 0. The second-order valence-electron chi connectivity index (χ2n) is 4.54. The van der Waals surface area contributed by atoms with Crippen molar-refractivity contribution >= 4 is 39.6 Å². The standard InChI is InChI=1S/C16H11ClN4/c17-12-7-10(8-18)5-6-15(12)21-16-11-3-1-2-4-14(11)20-9-13(16)19/h1-7,9H,19H2,(H,20,21). The SMILES string of the molecule is N#Cc1ccc(Nc2c(N)cnc3ccccc23)c(Cl)c1. The molecule has 0 fully saturated rings. The Morgan fingerprint density at radius 1 is 1.19 bits per heavy atom. The molecule has 0 bridgehead atoms. The van der Waals surface area contributed by atoms with E-state index in [9.17, 15) is 0 Å². The molecule has 0 saturated carbocycles. The van der Waals surface area contributed by atoms with Gasteiger partial charge in [0.05, 0.1) is 45.4 Å². The lowest BCUT2D eigenvalue weighted by molar-refractivity contribution is 1.40. The summed E-state index contributed by atoms with van der Waals surface area (Å²) >= 11 is 6.19. The first-order valence-electron chi connectivity index (χ1n) is 6.29. The maximum absolute atomic E-state index is 8.87. The number of nitriles is 1. The second-order valence-corrected chi connectivity index (χ2v) is 4.94. The quantitative estimate of drug-likeness (QED) is 0.746. The Bertz CT molecular complexity index is 868. The van der Waals surface area contributed by atoms with Crippen molar-refractivity contribution in [1.29, 1.82) is 5.26 Å². The Morgan fingerprint density at radius 2 is 2.00 bits per heavy atom. The highest BCUT2D eigenvalue weighted by molar-refractivity contribution is 6.33. The van der Waals surface area contributed by atoms with Gasteiger partial charge in [-0.2, -0.15) is 5.26 Å². The molecule has 0 aliphatic rings. The molecule has 3 N–H and O–H groups in total. The van der Waals surface area contributed by atoms with E-state index in [0.29, 0.717) is 22.0 Å². The lowest BCUT2D eigenvalue weighted by Gasteiger charge is -2.13. The number of fused-ring (bicyclic) bond motifs is 1. The first-order valence-corrected chi connectivity index (χ1v) is 6.67. The Hall–Kier alpha value is -2.77. The molecular formula is C16H11ClN4. The molecule has 102 valence electrons. The Kier molecular flexibility index (Phi) is 3.35. The van der Waals surface area contributed by atoms with Crippen LogP contribution in [-0.4, -0.2) is 4.98 Å². The summed E-state index contributed by atoms with van der Waals surface area (Å²) in [4.78, 5) is 4.29. The smallest absolute Gasteiger partial charge is 0.0992 e. The molecule has 1 heterocycles. The van der Waals surface area contributed by atoms with Crippen molar-refractivity contribution in [2.24, 2.45) is 0 Å². The highest BCUT2D eigenvalue weighted by Crippen LogP contribution is 2.33. The summed E-state index contributed by atoms with van der Waals surface area (Å²) in [7, 11) is 0. The zero-order chi connectivity index (χ0) is 14.8. The van der Waals surface area contributed by atoms with Gasteiger partial charge in [-0.15, -0.1) is 0 Å². The van der Waals surface area contributed by atoms with E-state index in [1.54, 1.807) is 24.4 Å². The molecule has 5 heteroatoms. The fraction of sp³-hybridized carbons (Fsp3) is 0. The number of hydrogen-bond acceptors (Lipinski definition) is 4. The van der Waals surface area contributed by atoms with Crippen LogP contribution in [-0.2, 0) is 0 Å². The van der Waals surface area contributed by atoms with E-state index in [1.807, 2.05) is 24.3 Å². The number of aromatic nitrogens is 1. The summed E-state index contributed by atoms with van der Waals surface area (Å²) in [5.41, 5.74) is 9.36. The van der Waals surface area contributed by atoms with Crippen LogP contribution < -0.4 is 11.1 Å². The topological polar surface area (TPSA) is 74.7 Å². The van der Waals surface area contributed by atoms with Gasteiger partial charge in [-0.3, -0.25) is 4.98 Å². The van der Waals surface area contributed by atoms with Gasteiger partial charge in [-0.25, -0.2) is 0 Å². The minimum Gasteiger partial charge on any atom is -0.396 e. The van der Waals surface area contributed by atoms with E-state index in [4.69, 9.17) is 22.6 Å². The lowest BCUT2D eigenvalue weighted by Crippen LogP contribution is -1.99. The molecule has 4 nitrogen and oxygen atoms in total. The van der Waals surface area contributed by atoms with Crippen molar-refractivity contribution in [3.8, 4) is 6.07 Å². The van der Waals surface area contributed by atoms with Crippen LogP contribution in [0, 0.1) is 11.3 Å². The second kappa shape index (κ2) is 5.31. The van der Waals surface area contributed by atoms with Crippen LogP contribution in [0.3, 0.4) is 0 Å². The molecule has 0 radical (unpaired) electrons. The number of anilines is 3. The van der Waals surface area contributed by atoms with Crippen LogP contribution in [0.2, 0.25) is 5.02 Å². The van der Waals surface area contributed by atoms with Crippen LogP contribution in [0.15, 0.2) is 48.7 Å². The van der Waals surface area contributed by atoms with Gasteiger partial charge in [-0.05, 0) is 24.3 Å². The molecule has 21 heavy (non-hydrogen) atoms. The van der Waals surface area contributed by atoms with Crippen LogP contribution in [0.25, 0.3) is 10.9 Å². The highest BCUT2D eigenvalue weighted by Gasteiger charge is 2.09. The van der Waals surface area contributed by atoms with Gasteiger partial charge in [-0.1, -0.05) is 29.8 Å². The van der Waals surface area contributed by atoms with Gasteiger partial charge < -0.3 is 11.1 Å². The Morgan fingerprint density at radius 3 is 2.76 bits per heavy atom. The molecule has 0 aliphatic carbocycles. The van der Waals surface area contributed by atoms with Crippen LogP contribution in [0.5, 0.6) is 0 Å². The molecule has 1 aromatic heterocycles. The molecule has 2 aromatic carbocycles. The molecule has 3 rings (SSSR count). The molecule has 3 aromatic rings. The zero-order valence-electron chi connectivity index (χ0n) is 11.0. The van der Waals surface area contributed by atoms with Crippen molar-refractivity contribution in [1.82, 2.24) is 4.98 Å². The van der Waals surface area contributed by atoms with E-state index >= 15 is 0 Å². The highest BCUT2D eigenvalue weighted by atomic mass is 35.5. The largest absolute Gasteiger partial charge is 0.396 e. The fourth-order valence-electron chi connectivity index (χ4n) is 2.12. The number of nitrogens with one attached hydrogen (secondary N) is 1. The number of benzene rings is 2. The number of para-hydroxylation sites is 1. The third-order valence-corrected chi connectivity index (χ3v) is 3.48. The monoisotopic (exact) mass is 294 g/mol. The number of nitrogens with zero attached hydrogens (tertiary/aromatic N) is 2. The summed E-state index contributed by atoms with van der Waals surface area (Å²) in [5, 5.41) is 13.5. The van der Waals surface area contributed by atoms with Crippen LogP contribution >= 0.6 is 11.6 Å². The number of nitrogen functional groups attached to an aromatic ring is 1. The molecule has 0 unspecified atom stereocenters. The van der Waals surface area contributed by atoms with Crippen LogP contribution in [0.1, 0.15) is 5.56 Å². The van der Waals surface area contributed by atoms with Gasteiger partial charge in [0.15, 0.2) is 0 Å². The maximum Gasteiger partial charge on any atom is 0.0992 e. The summed E-state index contributed by atoms with van der Waals surface area (Å²) in [6.07, 6.45) is 1.61. The van der Waals surface area contributed by atoms with Gasteiger partial charge in [0.2, 0.25) is 0 Å². The first-order chi connectivity index (χ1) is 10.2. The minimum absolute atomic E-state index is 0.467. The van der Waals surface area contributed by atoms with E-state index < -0.39 is 0 Å². The fourth-order valence-corrected chi connectivity index (χ4v) is 2.34. The van der Waals surface area contributed by atoms with E-state index in [-0.39, 0.29) is 0 Å². The molecule has 0 spiro atoms. The zero-order valence-corrected chi connectivity index (χ0v) is 11.7. The third kappa shape index (κ3) is 2.47. The summed E-state index contributed by atoms with van der Waals surface area (Å²) in [6, 6.07) is 14.8. The van der Waals surface area contributed by atoms with Crippen molar-refractivity contribution in [2.45, 2.75) is 0 Å². The van der Waals surface area contributed by atoms with Crippen molar-refractivity contribution < 1.29 is 0 Å². The molecular weight excluding hydrogens is 284 g/mol. The first kappa shape index (κ1) is 13.2. The molecule has 0 amide bonds. The van der Waals surface area contributed by atoms with Gasteiger partial charge >= 0.3 is 0 Å². The predicted octanol–water partition coefficient (Wildman–Crippen LogP) is 4.09. The average molecular weight is 295 g/mol. The van der Waals surface area contributed by atoms with E-state index in [0.717, 1.165) is 16.6 Å². The average Bonchev–Trinajstić information content (AvgIpc) is 2.51. The predicted molar refractivity (Wildman–Crippen MR) is 85.6 cm³/mol.